The summed E-state index contributed by atoms with van der Waals surface area (Å²) in [6, 6.07) is 8.00. The Morgan fingerprint density at radius 3 is 2.80 bits per heavy atom. The predicted octanol–water partition coefficient (Wildman–Crippen LogP) is 1.39. The lowest BCUT2D eigenvalue weighted by atomic mass is 9.84. The Kier molecular flexibility index (Phi) is 2.73. The van der Waals surface area contributed by atoms with Gasteiger partial charge in [0.25, 0.3) is 5.91 Å². The van der Waals surface area contributed by atoms with Gasteiger partial charge in [-0.25, -0.2) is 4.98 Å². The van der Waals surface area contributed by atoms with Crippen LogP contribution in [0.2, 0.25) is 0 Å². The minimum absolute atomic E-state index is 0.0834. The van der Waals surface area contributed by atoms with E-state index < -0.39 is 0 Å². The van der Waals surface area contributed by atoms with E-state index in [-0.39, 0.29) is 11.9 Å². The number of nitrogens with zero attached hydrogens (tertiary/aromatic N) is 2. The van der Waals surface area contributed by atoms with Gasteiger partial charge in [0.1, 0.15) is 0 Å². The quantitative estimate of drug-likeness (QED) is 0.867. The molecule has 0 spiro atoms. The number of benzene rings is 1. The van der Waals surface area contributed by atoms with E-state index >= 15 is 0 Å². The van der Waals surface area contributed by atoms with E-state index in [4.69, 9.17) is 0 Å². The van der Waals surface area contributed by atoms with Gasteiger partial charge in [0.2, 0.25) is 0 Å². The molecule has 20 heavy (non-hydrogen) atoms. The number of hydrogen-bond acceptors (Lipinski definition) is 3. The Bertz CT molecular complexity index is 609. The number of hydrogen-bond donors (Lipinski definition) is 2. The second-order valence-electron chi connectivity index (χ2n) is 5.82. The third kappa shape index (κ3) is 1.98. The molecule has 1 amide bonds. The Morgan fingerprint density at radius 2 is 2.10 bits per heavy atom. The molecule has 0 unspecified atom stereocenters. The van der Waals surface area contributed by atoms with Crippen LogP contribution in [0.4, 0.5) is 0 Å². The number of amides is 1. The molecule has 3 fully saturated rings. The van der Waals surface area contributed by atoms with Gasteiger partial charge >= 0.3 is 0 Å². The topological polar surface area (TPSA) is 61.0 Å². The van der Waals surface area contributed by atoms with E-state index in [9.17, 15) is 4.79 Å². The SMILES string of the molecule is O=C(N[C@H]1CN2CCC1CC2)c1nc2ccccc2[nH]1. The summed E-state index contributed by atoms with van der Waals surface area (Å²) in [5.41, 5.74) is 1.75. The van der Waals surface area contributed by atoms with Crippen LogP contribution in [-0.2, 0) is 0 Å². The van der Waals surface area contributed by atoms with Crippen LogP contribution in [0, 0.1) is 5.92 Å². The fraction of sp³-hybridized carbons (Fsp3) is 0.467. The number of fused-ring (bicyclic) bond motifs is 4. The maximum atomic E-state index is 12.3. The first-order valence-electron chi connectivity index (χ1n) is 7.27. The van der Waals surface area contributed by atoms with Crippen molar-refractivity contribution >= 4 is 16.9 Å². The lowest BCUT2D eigenvalue weighted by Crippen LogP contribution is -2.57. The zero-order valence-electron chi connectivity index (χ0n) is 11.3. The van der Waals surface area contributed by atoms with Gasteiger partial charge in [-0.15, -0.1) is 0 Å². The first-order chi connectivity index (χ1) is 9.79. The normalized spacial score (nSPS) is 28.7. The first-order valence-corrected chi connectivity index (χ1v) is 7.27. The van der Waals surface area contributed by atoms with Crippen LogP contribution in [0.25, 0.3) is 11.0 Å². The first kappa shape index (κ1) is 11.9. The van der Waals surface area contributed by atoms with E-state index in [1.165, 1.54) is 25.9 Å². The number of para-hydroxylation sites is 2. The Balaban J connectivity index is 1.52. The molecule has 0 saturated carbocycles. The van der Waals surface area contributed by atoms with Gasteiger partial charge in [-0.2, -0.15) is 0 Å². The molecule has 4 heterocycles. The summed E-state index contributed by atoms with van der Waals surface area (Å²) < 4.78 is 0. The van der Waals surface area contributed by atoms with Crippen LogP contribution < -0.4 is 5.32 Å². The lowest BCUT2D eigenvalue weighted by molar-refractivity contribution is 0.0615. The minimum Gasteiger partial charge on any atom is -0.345 e. The number of piperidine rings is 3. The number of rotatable bonds is 2. The Hall–Kier alpha value is -1.88. The third-order valence-corrected chi connectivity index (χ3v) is 4.58. The third-order valence-electron chi connectivity index (χ3n) is 4.58. The molecule has 5 heteroatoms. The predicted molar refractivity (Wildman–Crippen MR) is 76.5 cm³/mol. The monoisotopic (exact) mass is 270 g/mol. The smallest absolute Gasteiger partial charge is 0.287 e. The van der Waals surface area contributed by atoms with E-state index in [0.717, 1.165) is 17.6 Å². The average Bonchev–Trinajstić information content (AvgIpc) is 2.92. The van der Waals surface area contributed by atoms with Crippen LogP contribution in [-0.4, -0.2) is 46.5 Å². The van der Waals surface area contributed by atoms with E-state index in [1.54, 1.807) is 0 Å². The number of H-pyrrole nitrogens is 1. The lowest BCUT2D eigenvalue weighted by Gasteiger charge is -2.44. The van der Waals surface area contributed by atoms with E-state index in [0.29, 0.717) is 11.7 Å². The molecule has 0 radical (unpaired) electrons. The van der Waals surface area contributed by atoms with Crippen molar-refractivity contribution in [2.45, 2.75) is 18.9 Å². The highest BCUT2D eigenvalue weighted by molar-refractivity contribution is 5.94. The maximum absolute atomic E-state index is 12.3. The van der Waals surface area contributed by atoms with Crippen molar-refractivity contribution in [3.8, 4) is 0 Å². The number of nitrogens with one attached hydrogen (secondary N) is 2. The molecule has 2 bridgehead atoms. The molecular weight excluding hydrogens is 252 g/mol. The molecule has 3 saturated heterocycles. The molecule has 3 aliphatic heterocycles. The molecule has 1 aromatic carbocycles. The standard InChI is InChI=1S/C15H18N4O/c20-15(14-16-11-3-1-2-4-12(11)17-14)18-13-9-19-7-5-10(13)6-8-19/h1-4,10,13H,5-9H2,(H,16,17)(H,18,20)/t13-/m0/s1. The van der Waals surface area contributed by atoms with Crippen LogP contribution in [0.3, 0.4) is 0 Å². The summed E-state index contributed by atoms with van der Waals surface area (Å²) in [6.45, 7) is 3.35. The summed E-state index contributed by atoms with van der Waals surface area (Å²) in [5.74, 6) is 0.968. The fourth-order valence-corrected chi connectivity index (χ4v) is 3.43. The molecule has 104 valence electrons. The Morgan fingerprint density at radius 1 is 1.30 bits per heavy atom. The van der Waals surface area contributed by atoms with Crippen molar-refractivity contribution < 1.29 is 4.79 Å². The molecule has 5 nitrogen and oxygen atoms in total. The summed E-state index contributed by atoms with van der Waals surface area (Å²) in [7, 11) is 0. The van der Waals surface area contributed by atoms with Crippen molar-refractivity contribution in [2.75, 3.05) is 19.6 Å². The second kappa shape index (κ2) is 4.59. The van der Waals surface area contributed by atoms with Crippen LogP contribution in [0.5, 0.6) is 0 Å². The summed E-state index contributed by atoms with van der Waals surface area (Å²) >= 11 is 0. The van der Waals surface area contributed by atoms with E-state index in [2.05, 4.69) is 20.2 Å². The van der Waals surface area contributed by atoms with Gasteiger partial charge in [-0.3, -0.25) is 4.79 Å². The highest BCUT2D eigenvalue weighted by atomic mass is 16.2. The number of imidazole rings is 1. The van der Waals surface area contributed by atoms with Gasteiger partial charge in [0, 0.05) is 12.6 Å². The second-order valence-corrected chi connectivity index (χ2v) is 5.82. The van der Waals surface area contributed by atoms with Gasteiger partial charge in [-0.1, -0.05) is 12.1 Å². The number of carbonyl (C=O) groups is 1. The van der Waals surface area contributed by atoms with Crippen molar-refractivity contribution in [3.05, 3.63) is 30.1 Å². The molecule has 0 aliphatic carbocycles. The minimum atomic E-state index is -0.0834. The summed E-state index contributed by atoms with van der Waals surface area (Å²) in [5, 5.41) is 3.15. The van der Waals surface area contributed by atoms with Gasteiger partial charge < -0.3 is 15.2 Å². The summed E-state index contributed by atoms with van der Waals surface area (Å²) in [4.78, 5) is 22.2. The van der Waals surface area contributed by atoms with Crippen LogP contribution in [0.1, 0.15) is 23.5 Å². The molecule has 1 aromatic heterocycles. The van der Waals surface area contributed by atoms with Crippen molar-refractivity contribution in [2.24, 2.45) is 5.92 Å². The highest BCUT2D eigenvalue weighted by Crippen LogP contribution is 2.27. The molecule has 1 atom stereocenters. The van der Waals surface area contributed by atoms with Crippen LogP contribution in [0.15, 0.2) is 24.3 Å². The number of aromatic amines is 1. The van der Waals surface area contributed by atoms with Crippen molar-refractivity contribution in [1.82, 2.24) is 20.2 Å². The van der Waals surface area contributed by atoms with Crippen LogP contribution >= 0.6 is 0 Å². The Labute approximate surface area is 117 Å². The van der Waals surface area contributed by atoms with Gasteiger partial charge in [-0.05, 0) is 44.0 Å². The number of carbonyl (C=O) groups excluding carboxylic acids is 1. The molecule has 5 rings (SSSR count). The van der Waals surface area contributed by atoms with Crippen molar-refractivity contribution in [1.29, 1.82) is 0 Å². The fourth-order valence-electron chi connectivity index (χ4n) is 3.43. The van der Waals surface area contributed by atoms with Gasteiger partial charge in [0.05, 0.1) is 11.0 Å². The molecule has 3 aliphatic rings. The molecular formula is C15H18N4O. The zero-order chi connectivity index (χ0) is 13.5. The molecule has 2 N–H and O–H groups in total. The maximum Gasteiger partial charge on any atom is 0.287 e. The highest BCUT2D eigenvalue weighted by Gasteiger charge is 2.35. The zero-order valence-corrected chi connectivity index (χ0v) is 11.3. The molecule has 2 aromatic rings. The van der Waals surface area contributed by atoms with Crippen molar-refractivity contribution in [3.63, 3.8) is 0 Å². The van der Waals surface area contributed by atoms with Gasteiger partial charge in [0.15, 0.2) is 5.82 Å². The average molecular weight is 270 g/mol. The summed E-state index contributed by atoms with van der Waals surface area (Å²) in [6.07, 6.45) is 2.40. The van der Waals surface area contributed by atoms with E-state index in [1.807, 2.05) is 24.3 Å². The largest absolute Gasteiger partial charge is 0.345 e. The number of aromatic nitrogens is 2.